The van der Waals surface area contributed by atoms with Gasteiger partial charge in [0.1, 0.15) is 17.7 Å². The van der Waals surface area contributed by atoms with E-state index in [4.69, 9.17) is 4.74 Å². The molecule has 2 atom stereocenters. The van der Waals surface area contributed by atoms with Crippen molar-refractivity contribution in [1.29, 1.82) is 0 Å². The summed E-state index contributed by atoms with van der Waals surface area (Å²) in [4.78, 5) is 42.5. The minimum atomic E-state index is -0.969. The van der Waals surface area contributed by atoms with Crippen LogP contribution in [0.15, 0.2) is 61.2 Å². The first-order valence-electron chi connectivity index (χ1n) is 13.0. The maximum atomic E-state index is 14.4. The Morgan fingerprint density at radius 2 is 1.58 bits per heavy atom. The van der Waals surface area contributed by atoms with Crippen LogP contribution in [0.5, 0.6) is 0 Å². The number of hydrogen-bond acceptors (Lipinski definition) is 4. The highest BCUT2D eigenvalue weighted by Gasteiger charge is 2.42. The first-order chi connectivity index (χ1) is 17.6. The Hall–Kier alpha value is -3.61. The molecule has 0 saturated carbocycles. The van der Waals surface area contributed by atoms with Crippen LogP contribution < -0.4 is 10.6 Å². The van der Waals surface area contributed by atoms with E-state index in [9.17, 15) is 14.4 Å². The smallest absolute Gasteiger partial charge is 0.408 e. The molecule has 0 fully saturated rings. The maximum Gasteiger partial charge on any atom is 0.408 e. The molecule has 3 amide bonds. The van der Waals surface area contributed by atoms with Gasteiger partial charge in [0.2, 0.25) is 11.8 Å². The number of amides is 3. The molecule has 0 saturated heterocycles. The summed E-state index contributed by atoms with van der Waals surface area (Å²) >= 11 is 0. The van der Waals surface area contributed by atoms with Gasteiger partial charge in [0, 0.05) is 18.0 Å². The average Bonchev–Trinajstić information content (AvgIpc) is 2.79. The van der Waals surface area contributed by atoms with Crippen LogP contribution in [0.2, 0.25) is 0 Å². The number of carbonyl (C=O) groups excluding carboxylic acids is 3. The quantitative estimate of drug-likeness (QED) is 0.446. The first kappa shape index (κ1) is 30.6. The highest BCUT2D eigenvalue weighted by molar-refractivity contribution is 5.93. The van der Waals surface area contributed by atoms with Gasteiger partial charge in [-0.25, -0.2) is 4.79 Å². The topological polar surface area (TPSA) is 87.7 Å². The third-order valence-corrected chi connectivity index (χ3v) is 5.63. The third kappa shape index (κ3) is 9.05. The molecule has 2 aromatic carbocycles. The van der Waals surface area contributed by atoms with E-state index in [2.05, 4.69) is 17.2 Å². The highest BCUT2D eigenvalue weighted by atomic mass is 16.6. The van der Waals surface area contributed by atoms with Gasteiger partial charge in [-0.2, -0.15) is 0 Å². The van der Waals surface area contributed by atoms with Gasteiger partial charge in [-0.15, -0.1) is 0 Å². The third-order valence-electron chi connectivity index (χ3n) is 5.63. The van der Waals surface area contributed by atoms with Crippen LogP contribution in [0.1, 0.15) is 78.1 Å². The summed E-state index contributed by atoms with van der Waals surface area (Å²) in [5, 5.41) is 5.76. The van der Waals surface area contributed by atoms with Crippen molar-refractivity contribution in [1.82, 2.24) is 15.5 Å². The molecule has 0 aromatic heterocycles. The Morgan fingerprint density at radius 3 is 2.11 bits per heavy atom. The number of alkyl carbamates (subject to hydrolysis) is 1. The predicted octanol–water partition coefficient (Wildman–Crippen LogP) is 5.66. The predicted molar refractivity (Wildman–Crippen MR) is 152 cm³/mol. The van der Waals surface area contributed by atoms with Gasteiger partial charge in [-0.1, -0.05) is 61.2 Å². The van der Waals surface area contributed by atoms with Gasteiger partial charge < -0.3 is 20.3 Å². The van der Waals surface area contributed by atoms with E-state index in [-0.39, 0.29) is 24.3 Å². The average molecular weight is 522 g/mol. The van der Waals surface area contributed by atoms with E-state index in [1.165, 1.54) is 0 Å². The lowest BCUT2D eigenvalue weighted by atomic mass is 9.93. The van der Waals surface area contributed by atoms with Gasteiger partial charge in [-0.3, -0.25) is 9.59 Å². The molecule has 0 bridgehead atoms. The molecule has 0 aliphatic carbocycles. The molecule has 7 heteroatoms. The minimum Gasteiger partial charge on any atom is -0.444 e. The van der Waals surface area contributed by atoms with Crippen molar-refractivity contribution in [3.63, 3.8) is 0 Å². The number of benzene rings is 2. The van der Waals surface area contributed by atoms with E-state index < -0.39 is 29.3 Å². The fraction of sp³-hybridized carbons (Fsp3) is 0.452. The second-order valence-corrected chi connectivity index (χ2v) is 11.7. The molecule has 0 spiro atoms. The first-order valence-corrected chi connectivity index (χ1v) is 13.0. The lowest BCUT2D eigenvalue weighted by Gasteiger charge is -2.43. The Morgan fingerprint density at radius 1 is 0.947 bits per heavy atom. The van der Waals surface area contributed by atoms with Crippen LogP contribution in [0.4, 0.5) is 4.79 Å². The molecule has 206 valence electrons. The van der Waals surface area contributed by atoms with Gasteiger partial charge in [0.05, 0.1) is 0 Å². The zero-order valence-corrected chi connectivity index (χ0v) is 24.0. The van der Waals surface area contributed by atoms with E-state index in [1.807, 2.05) is 89.2 Å². The summed E-state index contributed by atoms with van der Waals surface area (Å²) in [5.41, 5.74) is 0.843. The molecule has 0 aliphatic rings. The van der Waals surface area contributed by atoms with Crippen LogP contribution >= 0.6 is 0 Å². The van der Waals surface area contributed by atoms with E-state index in [0.717, 1.165) is 11.1 Å². The summed E-state index contributed by atoms with van der Waals surface area (Å²) in [6.07, 6.45) is 1.24. The number of rotatable bonds is 9. The fourth-order valence-corrected chi connectivity index (χ4v) is 4.15. The molecule has 0 heterocycles. The molecule has 2 rings (SSSR count). The van der Waals surface area contributed by atoms with Crippen LogP contribution in [-0.4, -0.2) is 46.0 Å². The normalized spacial score (nSPS) is 13.3. The number of hydrogen-bond donors (Lipinski definition) is 2. The second-order valence-electron chi connectivity index (χ2n) is 11.7. The maximum absolute atomic E-state index is 14.4. The molecular formula is C31H43N3O4. The van der Waals surface area contributed by atoms with Crippen molar-refractivity contribution in [3.05, 3.63) is 77.9 Å². The molecule has 2 N–H and O–H groups in total. The van der Waals surface area contributed by atoms with Crippen LogP contribution in [0, 0.1) is 0 Å². The highest BCUT2D eigenvalue weighted by Crippen LogP contribution is 2.31. The summed E-state index contributed by atoms with van der Waals surface area (Å²) in [6.45, 7) is 18.5. The zero-order chi connectivity index (χ0) is 28.7. The number of ether oxygens (including phenoxy) is 1. The summed E-state index contributed by atoms with van der Waals surface area (Å²) in [5.74, 6) is -0.694. The zero-order valence-electron chi connectivity index (χ0n) is 24.0. The lowest BCUT2D eigenvalue weighted by Crippen LogP contribution is -2.59. The Kier molecular flexibility index (Phi) is 10.3. The number of nitrogens with one attached hydrogen (secondary N) is 2. The van der Waals surface area contributed by atoms with Crippen LogP contribution in [0.25, 0.3) is 6.08 Å². The SMILES string of the molecule is C=Cc1cccc(C(C(=O)NC(C)C)N(C(=O)C(Cc2ccccc2)NC(=O)OC(C)(C)C)C(C)(C)C)c1. The van der Waals surface area contributed by atoms with E-state index >= 15 is 0 Å². The lowest BCUT2D eigenvalue weighted by molar-refractivity contribution is -0.148. The monoisotopic (exact) mass is 521 g/mol. The molecule has 0 aliphatic heterocycles. The van der Waals surface area contributed by atoms with Gasteiger partial charge in [0.15, 0.2) is 0 Å². The van der Waals surface area contributed by atoms with E-state index in [0.29, 0.717) is 5.56 Å². The van der Waals surface area contributed by atoms with Crippen molar-refractivity contribution >= 4 is 24.0 Å². The standard InChI is InChI=1S/C31H43N3O4/c1-10-22-17-14-18-24(19-22)26(27(35)32-21(2)3)34(30(4,5)6)28(36)25(20-23-15-12-11-13-16-23)33-29(37)38-31(7,8)9/h10-19,21,25-26H,1,20H2,2-9H3,(H,32,35)(H,33,37). The van der Waals surface area contributed by atoms with Crippen LogP contribution in [-0.2, 0) is 20.7 Å². The van der Waals surface area contributed by atoms with Crippen molar-refractivity contribution in [2.75, 3.05) is 0 Å². The fourth-order valence-electron chi connectivity index (χ4n) is 4.15. The van der Waals surface area contributed by atoms with Gasteiger partial charge >= 0.3 is 6.09 Å². The molecule has 2 aromatic rings. The van der Waals surface area contributed by atoms with Gasteiger partial charge in [-0.05, 0) is 78.1 Å². The van der Waals surface area contributed by atoms with E-state index in [1.54, 1.807) is 31.7 Å². The molecule has 7 nitrogen and oxygen atoms in total. The number of nitrogens with zero attached hydrogens (tertiary/aromatic N) is 1. The van der Waals surface area contributed by atoms with Crippen molar-refractivity contribution in [2.24, 2.45) is 0 Å². The molecular weight excluding hydrogens is 478 g/mol. The number of carbonyl (C=O) groups is 3. The van der Waals surface area contributed by atoms with Crippen molar-refractivity contribution < 1.29 is 19.1 Å². The van der Waals surface area contributed by atoms with Gasteiger partial charge in [0.25, 0.3) is 0 Å². The van der Waals surface area contributed by atoms with Crippen molar-refractivity contribution in [2.45, 2.75) is 91.1 Å². The minimum absolute atomic E-state index is 0.135. The second kappa shape index (κ2) is 12.8. The Balaban J connectivity index is 2.63. The largest absolute Gasteiger partial charge is 0.444 e. The summed E-state index contributed by atoms with van der Waals surface area (Å²) in [7, 11) is 0. The van der Waals surface area contributed by atoms with Crippen molar-refractivity contribution in [3.8, 4) is 0 Å². The summed E-state index contributed by atoms with van der Waals surface area (Å²) < 4.78 is 5.49. The Bertz CT molecular complexity index is 1110. The molecule has 38 heavy (non-hydrogen) atoms. The molecule has 2 unspecified atom stereocenters. The van der Waals surface area contributed by atoms with Crippen LogP contribution in [0.3, 0.4) is 0 Å². The Labute approximate surface area is 227 Å². The summed E-state index contributed by atoms with van der Waals surface area (Å²) in [6, 6.07) is 14.8. The molecule has 0 radical (unpaired) electrons.